The zero-order valence-electron chi connectivity index (χ0n) is 16.6. The molecule has 0 aliphatic carbocycles. The van der Waals surface area contributed by atoms with Gasteiger partial charge in [0.15, 0.2) is 11.5 Å². The quantitative estimate of drug-likeness (QED) is 0.682. The molecule has 3 saturated heterocycles. The minimum Gasteiger partial charge on any atom is -0.478 e. The zero-order chi connectivity index (χ0) is 21.8. The van der Waals surface area contributed by atoms with Gasteiger partial charge in [-0.3, -0.25) is 0 Å². The molecular formula is C20H22N4O7. The summed E-state index contributed by atoms with van der Waals surface area (Å²) in [5, 5.41) is 24.1. The predicted octanol–water partition coefficient (Wildman–Crippen LogP) is 1.46. The van der Waals surface area contributed by atoms with Gasteiger partial charge in [-0.2, -0.15) is 0 Å². The van der Waals surface area contributed by atoms with E-state index in [0.717, 1.165) is 30.2 Å². The van der Waals surface area contributed by atoms with Crippen LogP contribution in [0.25, 0.3) is 11.5 Å². The molecule has 1 aromatic heterocycles. The molecule has 4 aliphatic rings. The summed E-state index contributed by atoms with van der Waals surface area (Å²) < 4.78 is 16.7. The van der Waals surface area contributed by atoms with Gasteiger partial charge in [0, 0.05) is 49.9 Å². The fourth-order valence-electron chi connectivity index (χ4n) is 3.76. The van der Waals surface area contributed by atoms with Gasteiger partial charge >= 0.3 is 18.0 Å². The van der Waals surface area contributed by atoms with Crippen LogP contribution in [-0.4, -0.2) is 76.3 Å². The predicted molar refractivity (Wildman–Crippen MR) is 107 cm³/mol. The van der Waals surface area contributed by atoms with Crippen LogP contribution in [0.15, 0.2) is 34.8 Å². The van der Waals surface area contributed by atoms with Crippen molar-refractivity contribution in [2.24, 2.45) is 0 Å². The molecule has 6 rings (SSSR count). The SMILES string of the molecule is O=C(O)/C=C/C(=O)O.c1cc2c(cc1-c1nnc(N3CCN4CCC3CC4)o1)OCO2. The molecule has 2 N–H and O–H groups in total. The van der Waals surface area contributed by atoms with Gasteiger partial charge < -0.3 is 33.9 Å². The molecule has 11 nitrogen and oxygen atoms in total. The van der Waals surface area contributed by atoms with Crippen molar-refractivity contribution in [3.63, 3.8) is 0 Å². The van der Waals surface area contributed by atoms with Crippen molar-refractivity contribution in [2.75, 3.05) is 37.9 Å². The second kappa shape index (κ2) is 9.04. The Morgan fingerprint density at radius 1 is 0.968 bits per heavy atom. The van der Waals surface area contributed by atoms with E-state index < -0.39 is 11.9 Å². The number of hydrogen-bond acceptors (Lipinski definition) is 9. The van der Waals surface area contributed by atoms with E-state index in [2.05, 4.69) is 20.0 Å². The lowest BCUT2D eigenvalue weighted by Crippen LogP contribution is -2.38. The van der Waals surface area contributed by atoms with Crippen molar-refractivity contribution in [3.8, 4) is 23.0 Å². The van der Waals surface area contributed by atoms with E-state index >= 15 is 0 Å². The fraction of sp³-hybridized carbons (Fsp3) is 0.400. The topological polar surface area (TPSA) is 138 Å². The number of piperidine rings is 1. The Bertz CT molecular complexity index is 966. The number of aliphatic carboxylic acids is 2. The van der Waals surface area contributed by atoms with Crippen LogP contribution in [0.5, 0.6) is 11.5 Å². The lowest BCUT2D eigenvalue weighted by Gasteiger charge is -2.29. The molecule has 2 bridgehead atoms. The molecule has 0 spiro atoms. The second-order valence-corrected chi connectivity index (χ2v) is 7.23. The van der Waals surface area contributed by atoms with Gasteiger partial charge in [-0.05, 0) is 31.0 Å². The summed E-state index contributed by atoms with van der Waals surface area (Å²) in [6.45, 7) is 4.63. The fourth-order valence-corrected chi connectivity index (χ4v) is 3.76. The molecule has 3 fully saturated rings. The van der Waals surface area contributed by atoms with E-state index in [1.165, 1.54) is 25.9 Å². The molecule has 0 radical (unpaired) electrons. The van der Waals surface area contributed by atoms with Gasteiger partial charge in [-0.1, -0.05) is 5.10 Å². The number of nitrogens with zero attached hydrogens (tertiary/aromatic N) is 4. The van der Waals surface area contributed by atoms with E-state index in [1.54, 1.807) is 0 Å². The second-order valence-electron chi connectivity index (χ2n) is 7.23. The first-order valence-corrected chi connectivity index (χ1v) is 9.86. The molecular weight excluding hydrogens is 408 g/mol. The van der Waals surface area contributed by atoms with Crippen LogP contribution in [0.3, 0.4) is 0 Å². The highest BCUT2D eigenvalue weighted by Gasteiger charge is 2.32. The van der Waals surface area contributed by atoms with Crippen LogP contribution < -0.4 is 14.4 Å². The third-order valence-electron chi connectivity index (χ3n) is 5.30. The first-order valence-electron chi connectivity index (χ1n) is 9.86. The maximum Gasteiger partial charge on any atom is 0.328 e. The molecule has 4 aliphatic heterocycles. The average molecular weight is 430 g/mol. The summed E-state index contributed by atoms with van der Waals surface area (Å²) in [5.41, 5.74) is 0.857. The monoisotopic (exact) mass is 430 g/mol. The molecule has 2 aromatic rings. The molecule has 0 saturated carbocycles. The summed E-state index contributed by atoms with van der Waals surface area (Å²) in [4.78, 5) is 23.9. The molecule has 0 amide bonds. The Labute approximate surface area is 177 Å². The van der Waals surface area contributed by atoms with Crippen LogP contribution in [0.2, 0.25) is 0 Å². The number of rotatable bonds is 4. The van der Waals surface area contributed by atoms with Gasteiger partial charge in [0.25, 0.3) is 0 Å². The average Bonchev–Trinajstić information content (AvgIpc) is 3.34. The molecule has 1 aromatic carbocycles. The Morgan fingerprint density at radius 3 is 2.39 bits per heavy atom. The van der Waals surface area contributed by atoms with Crippen LogP contribution in [0.4, 0.5) is 6.01 Å². The number of carboxylic acids is 2. The number of carbonyl (C=O) groups is 2. The van der Waals surface area contributed by atoms with Gasteiger partial charge in [-0.25, -0.2) is 9.59 Å². The van der Waals surface area contributed by atoms with E-state index in [0.29, 0.717) is 30.1 Å². The summed E-state index contributed by atoms with van der Waals surface area (Å²) in [6, 6.07) is 6.83. The molecule has 164 valence electrons. The first kappa shape index (κ1) is 20.7. The van der Waals surface area contributed by atoms with E-state index in [-0.39, 0.29) is 6.79 Å². The Balaban J connectivity index is 0.000000250. The van der Waals surface area contributed by atoms with E-state index in [1.807, 2.05) is 18.2 Å². The molecule has 5 heterocycles. The molecule has 0 unspecified atom stereocenters. The third kappa shape index (κ3) is 4.94. The highest BCUT2D eigenvalue weighted by Crippen LogP contribution is 2.36. The minimum atomic E-state index is -1.26. The number of carboxylic acid groups (broad SMARTS) is 2. The summed E-state index contributed by atoms with van der Waals surface area (Å²) in [7, 11) is 0. The lowest BCUT2D eigenvalue weighted by molar-refractivity contribution is -0.134. The van der Waals surface area contributed by atoms with E-state index in [9.17, 15) is 9.59 Å². The van der Waals surface area contributed by atoms with Crippen LogP contribution in [-0.2, 0) is 9.59 Å². The van der Waals surface area contributed by atoms with Gasteiger partial charge in [-0.15, -0.1) is 5.10 Å². The van der Waals surface area contributed by atoms with Crippen molar-refractivity contribution < 1.29 is 33.7 Å². The third-order valence-corrected chi connectivity index (χ3v) is 5.30. The number of ether oxygens (including phenoxy) is 2. The van der Waals surface area contributed by atoms with Crippen molar-refractivity contribution in [2.45, 2.75) is 18.9 Å². The summed E-state index contributed by atoms with van der Waals surface area (Å²) in [6.07, 6.45) is 3.45. The Morgan fingerprint density at radius 2 is 1.68 bits per heavy atom. The Hall–Kier alpha value is -3.60. The number of anilines is 1. The molecule has 0 atom stereocenters. The normalized spacial score (nSPS) is 21.5. The van der Waals surface area contributed by atoms with Gasteiger partial charge in [0.05, 0.1) is 0 Å². The van der Waals surface area contributed by atoms with Crippen molar-refractivity contribution >= 4 is 18.0 Å². The lowest BCUT2D eigenvalue weighted by atomic mass is 10.1. The largest absolute Gasteiger partial charge is 0.478 e. The number of hydrogen-bond donors (Lipinski definition) is 2. The zero-order valence-corrected chi connectivity index (χ0v) is 16.6. The van der Waals surface area contributed by atoms with Gasteiger partial charge in [0.1, 0.15) is 0 Å². The number of benzene rings is 1. The smallest absolute Gasteiger partial charge is 0.328 e. The van der Waals surface area contributed by atoms with Crippen molar-refractivity contribution in [1.29, 1.82) is 0 Å². The standard InChI is InChI=1S/C16H18N4O3.C4H4O4/c1-2-13-14(22-10-21-13)9-11(1)15-17-18-16(23-15)20-8-7-19-5-3-12(20)4-6-19;5-3(6)1-2-4(7)8/h1-2,9,12H,3-8,10H2;1-2H,(H,5,6)(H,7,8)/b;2-1+. The molecule has 31 heavy (non-hydrogen) atoms. The van der Waals surface area contributed by atoms with E-state index in [4.69, 9.17) is 24.1 Å². The van der Waals surface area contributed by atoms with Crippen LogP contribution in [0, 0.1) is 0 Å². The summed E-state index contributed by atoms with van der Waals surface area (Å²) in [5.74, 6) is -0.507. The number of fused-ring (bicyclic) bond motifs is 5. The summed E-state index contributed by atoms with van der Waals surface area (Å²) >= 11 is 0. The maximum atomic E-state index is 9.55. The van der Waals surface area contributed by atoms with Crippen molar-refractivity contribution in [1.82, 2.24) is 15.1 Å². The van der Waals surface area contributed by atoms with Crippen LogP contribution >= 0.6 is 0 Å². The minimum absolute atomic E-state index is 0.264. The number of aromatic nitrogens is 2. The highest BCUT2D eigenvalue weighted by atomic mass is 16.7. The Kier molecular flexibility index (Phi) is 6.03. The maximum absolute atomic E-state index is 9.55. The molecule has 11 heteroatoms. The van der Waals surface area contributed by atoms with Crippen LogP contribution in [0.1, 0.15) is 12.8 Å². The highest BCUT2D eigenvalue weighted by molar-refractivity contribution is 5.89. The van der Waals surface area contributed by atoms with Gasteiger partial charge in [0.2, 0.25) is 12.7 Å². The van der Waals surface area contributed by atoms with Crippen molar-refractivity contribution in [3.05, 3.63) is 30.4 Å². The first-order chi connectivity index (χ1) is 15.0.